The summed E-state index contributed by atoms with van der Waals surface area (Å²) in [5.74, 6) is 0.675. The van der Waals surface area contributed by atoms with Gasteiger partial charge >= 0.3 is 7.60 Å². The third-order valence-electron chi connectivity index (χ3n) is 2.36. The Kier molecular flexibility index (Phi) is 3.70. The van der Waals surface area contributed by atoms with Gasteiger partial charge in [0.05, 0.1) is 7.11 Å². The molecular weight excluding hydrogens is 251 g/mol. The van der Waals surface area contributed by atoms with E-state index in [9.17, 15) is 9.46 Å². The van der Waals surface area contributed by atoms with E-state index in [2.05, 4.69) is 0 Å². The maximum atomic E-state index is 12.2. The van der Waals surface area contributed by atoms with Crippen LogP contribution in [0, 0.1) is 0 Å². The molecule has 5 heteroatoms. The quantitative estimate of drug-likeness (QED) is 0.862. The van der Waals surface area contributed by atoms with Crippen molar-refractivity contribution < 1.29 is 18.7 Å². The van der Waals surface area contributed by atoms with Gasteiger partial charge in [-0.05, 0) is 24.3 Å². The highest BCUT2D eigenvalue weighted by atomic mass is 31.2. The second-order valence-corrected chi connectivity index (χ2v) is 5.30. The number of rotatable bonds is 4. The highest BCUT2D eigenvalue weighted by Crippen LogP contribution is 2.43. The van der Waals surface area contributed by atoms with Gasteiger partial charge in [0, 0.05) is 0 Å². The molecule has 0 fully saturated rings. The number of para-hydroxylation sites is 2. The first kappa shape index (κ1) is 12.7. The molecule has 0 heterocycles. The summed E-state index contributed by atoms with van der Waals surface area (Å²) in [6.07, 6.45) is 0. The van der Waals surface area contributed by atoms with Crippen molar-refractivity contribution in [1.29, 1.82) is 0 Å². The zero-order chi connectivity index (χ0) is 13.0. The first-order chi connectivity index (χ1) is 8.63. The molecule has 0 radical (unpaired) electrons. The van der Waals surface area contributed by atoms with E-state index in [4.69, 9.17) is 9.26 Å². The van der Waals surface area contributed by atoms with Gasteiger partial charge in [-0.1, -0.05) is 30.3 Å². The number of ether oxygens (including phenoxy) is 1. The summed E-state index contributed by atoms with van der Waals surface area (Å²) in [6.45, 7) is 0. The number of hydrogen-bond donors (Lipinski definition) is 1. The fourth-order valence-corrected chi connectivity index (χ4v) is 2.76. The maximum Gasteiger partial charge on any atom is 0.411 e. The zero-order valence-corrected chi connectivity index (χ0v) is 10.7. The van der Waals surface area contributed by atoms with E-state index >= 15 is 0 Å². The Hall–Kier alpha value is -1.77. The van der Waals surface area contributed by atoms with Crippen molar-refractivity contribution >= 4 is 12.9 Å². The molecule has 2 rings (SSSR count). The van der Waals surface area contributed by atoms with Gasteiger partial charge in [0.25, 0.3) is 0 Å². The van der Waals surface area contributed by atoms with Crippen molar-refractivity contribution in [2.45, 2.75) is 0 Å². The van der Waals surface area contributed by atoms with Crippen molar-refractivity contribution in [3.63, 3.8) is 0 Å². The molecule has 0 aliphatic carbocycles. The van der Waals surface area contributed by atoms with E-state index in [1.807, 2.05) is 0 Å². The molecule has 94 valence electrons. The molecule has 0 spiro atoms. The van der Waals surface area contributed by atoms with Gasteiger partial charge in [-0.3, -0.25) is 0 Å². The van der Waals surface area contributed by atoms with Gasteiger partial charge in [0.1, 0.15) is 16.8 Å². The molecule has 0 saturated heterocycles. The Labute approximate surface area is 105 Å². The predicted molar refractivity (Wildman–Crippen MR) is 69.5 cm³/mol. The van der Waals surface area contributed by atoms with Crippen LogP contribution in [0.4, 0.5) is 0 Å². The smallest absolute Gasteiger partial charge is 0.411 e. The minimum absolute atomic E-state index is 0.149. The first-order valence-electron chi connectivity index (χ1n) is 5.34. The van der Waals surface area contributed by atoms with Crippen molar-refractivity contribution in [2.75, 3.05) is 7.11 Å². The van der Waals surface area contributed by atoms with Crippen molar-refractivity contribution in [2.24, 2.45) is 0 Å². The second-order valence-electron chi connectivity index (χ2n) is 3.60. The van der Waals surface area contributed by atoms with Gasteiger partial charge < -0.3 is 14.2 Å². The molecule has 2 aromatic carbocycles. The largest absolute Gasteiger partial charge is 0.496 e. The van der Waals surface area contributed by atoms with Crippen molar-refractivity contribution in [1.82, 2.24) is 0 Å². The fraction of sp³-hybridized carbons (Fsp3) is 0.0769. The molecule has 1 unspecified atom stereocenters. The standard InChI is InChI=1S/C13H13O4P/c1-16-12-9-5-6-10-13(12)18(14,15)17-11-7-3-2-4-8-11/h2-10H,1H3,(H,14,15). The topological polar surface area (TPSA) is 55.8 Å². The number of benzene rings is 2. The first-order valence-corrected chi connectivity index (χ1v) is 6.92. The van der Waals surface area contributed by atoms with E-state index in [1.54, 1.807) is 48.5 Å². The summed E-state index contributed by atoms with van der Waals surface area (Å²) < 4.78 is 22.4. The molecule has 0 aromatic heterocycles. The lowest BCUT2D eigenvalue weighted by Crippen LogP contribution is -2.12. The minimum Gasteiger partial charge on any atom is -0.496 e. The van der Waals surface area contributed by atoms with Crippen LogP contribution in [0.1, 0.15) is 0 Å². The van der Waals surface area contributed by atoms with Gasteiger partial charge in [-0.25, -0.2) is 4.57 Å². The molecule has 18 heavy (non-hydrogen) atoms. The predicted octanol–water partition coefficient (Wildman–Crippen LogP) is 2.58. The lowest BCUT2D eigenvalue weighted by atomic mass is 10.3. The van der Waals surface area contributed by atoms with Crippen molar-refractivity contribution in [3.05, 3.63) is 54.6 Å². The summed E-state index contributed by atoms with van der Waals surface area (Å²) in [7, 11) is -2.50. The Bertz CT molecular complexity index is 568. The van der Waals surface area contributed by atoms with E-state index < -0.39 is 7.60 Å². The van der Waals surface area contributed by atoms with E-state index in [0.717, 1.165) is 0 Å². The summed E-state index contributed by atoms with van der Waals surface area (Å²) in [5, 5.41) is 0.149. The molecule has 0 aliphatic rings. The highest BCUT2D eigenvalue weighted by molar-refractivity contribution is 7.61. The maximum absolute atomic E-state index is 12.2. The molecule has 1 N–H and O–H groups in total. The molecule has 0 amide bonds. The van der Waals surface area contributed by atoms with Crippen LogP contribution in [0.2, 0.25) is 0 Å². The average molecular weight is 264 g/mol. The second kappa shape index (κ2) is 5.25. The normalized spacial score (nSPS) is 13.7. The third-order valence-corrected chi connectivity index (χ3v) is 3.80. The Morgan fingerprint density at radius 3 is 2.28 bits per heavy atom. The monoisotopic (exact) mass is 264 g/mol. The minimum atomic E-state index is -3.95. The Morgan fingerprint density at radius 2 is 1.61 bits per heavy atom. The Balaban J connectivity index is 2.34. The molecule has 4 nitrogen and oxygen atoms in total. The van der Waals surface area contributed by atoms with Gasteiger partial charge in [-0.15, -0.1) is 0 Å². The molecular formula is C13H13O4P. The fourth-order valence-electron chi connectivity index (χ4n) is 1.54. The molecule has 1 atom stereocenters. The van der Waals surface area contributed by atoms with Gasteiger partial charge in [0.2, 0.25) is 0 Å². The van der Waals surface area contributed by atoms with Crippen LogP contribution in [0.15, 0.2) is 54.6 Å². The average Bonchev–Trinajstić information content (AvgIpc) is 2.39. The SMILES string of the molecule is COc1ccccc1P(=O)(O)Oc1ccccc1. The van der Waals surface area contributed by atoms with Crippen LogP contribution in [0.25, 0.3) is 0 Å². The molecule has 2 aromatic rings. The van der Waals surface area contributed by atoms with Crippen LogP contribution >= 0.6 is 7.60 Å². The summed E-state index contributed by atoms with van der Waals surface area (Å²) in [5.41, 5.74) is 0. The summed E-state index contributed by atoms with van der Waals surface area (Å²) >= 11 is 0. The summed E-state index contributed by atoms with van der Waals surface area (Å²) in [4.78, 5) is 10.0. The Morgan fingerprint density at radius 1 is 1.00 bits per heavy atom. The lowest BCUT2D eigenvalue weighted by Gasteiger charge is -2.15. The van der Waals surface area contributed by atoms with Gasteiger partial charge in [-0.2, -0.15) is 0 Å². The highest BCUT2D eigenvalue weighted by Gasteiger charge is 2.28. The summed E-state index contributed by atoms with van der Waals surface area (Å²) in [6, 6.07) is 15.0. The lowest BCUT2D eigenvalue weighted by molar-refractivity contribution is 0.386. The number of hydrogen-bond acceptors (Lipinski definition) is 3. The van der Waals surface area contributed by atoms with Crippen LogP contribution in [0.3, 0.4) is 0 Å². The third kappa shape index (κ3) is 2.73. The number of methoxy groups -OCH3 is 1. The van der Waals surface area contributed by atoms with Crippen molar-refractivity contribution in [3.8, 4) is 11.5 Å². The van der Waals surface area contributed by atoms with Gasteiger partial charge in [0.15, 0.2) is 0 Å². The van der Waals surface area contributed by atoms with E-state index in [0.29, 0.717) is 11.5 Å². The molecule has 0 saturated carbocycles. The van der Waals surface area contributed by atoms with E-state index in [1.165, 1.54) is 13.2 Å². The molecule has 0 bridgehead atoms. The van der Waals surface area contributed by atoms with Crippen LogP contribution in [-0.4, -0.2) is 12.0 Å². The van der Waals surface area contributed by atoms with Crippen LogP contribution in [-0.2, 0) is 4.57 Å². The van der Waals surface area contributed by atoms with Crippen LogP contribution < -0.4 is 14.6 Å². The van der Waals surface area contributed by atoms with Crippen LogP contribution in [0.5, 0.6) is 11.5 Å². The van der Waals surface area contributed by atoms with E-state index in [-0.39, 0.29) is 5.30 Å². The molecule has 0 aliphatic heterocycles. The zero-order valence-electron chi connectivity index (χ0n) is 9.82.